The predicted octanol–water partition coefficient (Wildman–Crippen LogP) is 2.02. The van der Waals surface area contributed by atoms with E-state index < -0.39 is 0 Å². The first-order valence-electron chi connectivity index (χ1n) is 6.02. The molecule has 0 unspecified atom stereocenters. The lowest BCUT2D eigenvalue weighted by Gasteiger charge is -2.31. The van der Waals surface area contributed by atoms with Gasteiger partial charge in [0.1, 0.15) is 0 Å². The van der Waals surface area contributed by atoms with Crippen LogP contribution in [-0.2, 0) is 19.6 Å². The Hall–Kier alpha value is -1.52. The van der Waals surface area contributed by atoms with Crippen LogP contribution in [0, 0.1) is 0 Å². The van der Waals surface area contributed by atoms with Gasteiger partial charge in [0.25, 0.3) is 0 Å². The lowest BCUT2D eigenvalue weighted by molar-refractivity contribution is 0.568. The molecule has 0 saturated heterocycles. The van der Waals surface area contributed by atoms with Crippen LogP contribution in [0.2, 0.25) is 5.02 Å². The molecule has 1 aromatic carbocycles. The summed E-state index contributed by atoms with van der Waals surface area (Å²) in [5.74, 6) is 0. The number of nitrogens with two attached hydrogens (primary N) is 1. The molecular weight excluding hydrogens is 248 g/mol. The zero-order valence-electron chi connectivity index (χ0n) is 10.0. The van der Waals surface area contributed by atoms with Crippen LogP contribution in [0.25, 0.3) is 0 Å². The number of benzene rings is 1. The van der Waals surface area contributed by atoms with E-state index in [9.17, 15) is 0 Å². The molecule has 1 aliphatic rings. The highest BCUT2D eigenvalue weighted by molar-refractivity contribution is 6.33. The van der Waals surface area contributed by atoms with Crippen molar-refractivity contribution >= 4 is 17.3 Å². The second kappa shape index (κ2) is 4.63. The maximum absolute atomic E-state index is 6.24. The summed E-state index contributed by atoms with van der Waals surface area (Å²) in [6.07, 6.45) is 1.88. The van der Waals surface area contributed by atoms with Gasteiger partial charge in [0.15, 0.2) is 0 Å². The maximum atomic E-state index is 6.24. The summed E-state index contributed by atoms with van der Waals surface area (Å²) in [6.45, 7) is 3.17. The van der Waals surface area contributed by atoms with E-state index >= 15 is 0 Å². The monoisotopic (exact) mass is 262 g/mol. The first kappa shape index (κ1) is 11.6. The number of fused-ring (bicyclic) bond motifs is 1. The van der Waals surface area contributed by atoms with Gasteiger partial charge in [-0.3, -0.25) is 0 Å². The van der Waals surface area contributed by atoms with Gasteiger partial charge in [-0.2, -0.15) is 0 Å². The zero-order valence-corrected chi connectivity index (χ0v) is 10.8. The number of para-hydroxylation sites is 1. The van der Waals surface area contributed by atoms with Crippen LogP contribution >= 0.6 is 11.6 Å². The molecule has 0 amide bonds. The largest absolute Gasteiger partial charge is 0.363 e. The Morgan fingerprint density at radius 2 is 2.11 bits per heavy atom. The van der Waals surface area contributed by atoms with Crippen molar-refractivity contribution in [3.8, 4) is 0 Å². The van der Waals surface area contributed by atoms with Crippen LogP contribution in [0.4, 0.5) is 5.69 Å². The quantitative estimate of drug-likeness (QED) is 0.901. The fourth-order valence-corrected chi connectivity index (χ4v) is 2.65. The molecule has 0 spiro atoms. The Kier molecular flexibility index (Phi) is 2.97. The third-order valence-corrected chi connectivity index (χ3v) is 3.69. The molecule has 0 fully saturated rings. The van der Waals surface area contributed by atoms with Gasteiger partial charge in [-0.1, -0.05) is 23.7 Å². The number of rotatable bonds is 2. The van der Waals surface area contributed by atoms with E-state index in [1.165, 1.54) is 5.69 Å². The average molecular weight is 263 g/mol. The molecule has 0 bridgehead atoms. The minimum absolute atomic E-state index is 0.485. The predicted molar refractivity (Wildman–Crippen MR) is 72.6 cm³/mol. The van der Waals surface area contributed by atoms with E-state index in [0.29, 0.717) is 6.54 Å². The summed E-state index contributed by atoms with van der Waals surface area (Å²) >= 11 is 6.24. The average Bonchev–Trinajstić information content (AvgIpc) is 2.81. The van der Waals surface area contributed by atoms with Gasteiger partial charge in [0.05, 0.1) is 35.0 Å². The van der Waals surface area contributed by atoms with Crippen molar-refractivity contribution in [1.29, 1.82) is 0 Å². The highest BCUT2D eigenvalue weighted by Crippen LogP contribution is 2.28. The number of aromatic nitrogens is 2. The topological polar surface area (TPSA) is 47.1 Å². The molecule has 4 nitrogen and oxygen atoms in total. The molecule has 2 aromatic rings. The SMILES string of the molecule is NCc1ncn2c1CN(c1ccccc1Cl)CC2. The summed E-state index contributed by atoms with van der Waals surface area (Å²) in [5.41, 5.74) is 8.97. The van der Waals surface area contributed by atoms with Crippen molar-refractivity contribution in [3.63, 3.8) is 0 Å². The smallest absolute Gasteiger partial charge is 0.0953 e. The molecule has 0 atom stereocenters. The molecular formula is C13H15ClN4. The van der Waals surface area contributed by atoms with Crippen LogP contribution in [0.1, 0.15) is 11.4 Å². The molecule has 2 heterocycles. The molecule has 5 heteroatoms. The molecule has 1 aromatic heterocycles. The van der Waals surface area contributed by atoms with E-state index in [0.717, 1.165) is 36.0 Å². The fraction of sp³-hybridized carbons (Fsp3) is 0.308. The van der Waals surface area contributed by atoms with Crippen molar-refractivity contribution in [2.75, 3.05) is 11.4 Å². The van der Waals surface area contributed by atoms with Crippen molar-refractivity contribution in [3.05, 3.63) is 47.0 Å². The van der Waals surface area contributed by atoms with Crippen LogP contribution in [0.5, 0.6) is 0 Å². The van der Waals surface area contributed by atoms with E-state index in [4.69, 9.17) is 17.3 Å². The third kappa shape index (κ3) is 1.87. The van der Waals surface area contributed by atoms with Crippen LogP contribution in [0.15, 0.2) is 30.6 Å². The Morgan fingerprint density at radius 3 is 2.89 bits per heavy atom. The molecule has 0 aliphatic carbocycles. The van der Waals surface area contributed by atoms with Gasteiger partial charge in [0.2, 0.25) is 0 Å². The first-order valence-corrected chi connectivity index (χ1v) is 6.40. The highest BCUT2D eigenvalue weighted by atomic mass is 35.5. The van der Waals surface area contributed by atoms with Crippen LogP contribution < -0.4 is 10.6 Å². The summed E-state index contributed by atoms with van der Waals surface area (Å²) in [7, 11) is 0. The number of hydrogen-bond acceptors (Lipinski definition) is 3. The van der Waals surface area contributed by atoms with Gasteiger partial charge in [-0.25, -0.2) is 4.98 Å². The molecule has 18 heavy (non-hydrogen) atoms. The summed E-state index contributed by atoms with van der Waals surface area (Å²) in [4.78, 5) is 6.62. The summed E-state index contributed by atoms with van der Waals surface area (Å²) < 4.78 is 2.18. The second-order valence-corrected chi connectivity index (χ2v) is 4.82. The van der Waals surface area contributed by atoms with Gasteiger partial charge in [-0.05, 0) is 12.1 Å². The molecule has 3 rings (SSSR count). The minimum Gasteiger partial charge on any atom is -0.363 e. The summed E-state index contributed by atoms with van der Waals surface area (Å²) in [5, 5.41) is 0.791. The second-order valence-electron chi connectivity index (χ2n) is 4.41. The lowest BCUT2D eigenvalue weighted by Crippen LogP contribution is -2.34. The maximum Gasteiger partial charge on any atom is 0.0953 e. The molecule has 0 saturated carbocycles. The fourth-order valence-electron chi connectivity index (χ4n) is 2.40. The molecule has 2 N–H and O–H groups in total. The number of halogens is 1. The van der Waals surface area contributed by atoms with E-state index in [1.54, 1.807) is 0 Å². The van der Waals surface area contributed by atoms with E-state index in [-0.39, 0.29) is 0 Å². The summed E-state index contributed by atoms with van der Waals surface area (Å²) in [6, 6.07) is 7.94. The van der Waals surface area contributed by atoms with E-state index in [1.807, 2.05) is 24.5 Å². The van der Waals surface area contributed by atoms with E-state index in [2.05, 4.69) is 20.5 Å². The number of anilines is 1. The van der Waals surface area contributed by atoms with Crippen molar-refractivity contribution in [2.45, 2.75) is 19.6 Å². The Balaban J connectivity index is 1.93. The van der Waals surface area contributed by atoms with Gasteiger partial charge in [0, 0.05) is 19.6 Å². The Morgan fingerprint density at radius 1 is 1.28 bits per heavy atom. The van der Waals surface area contributed by atoms with Crippen molar-refractivity contribution in [1.82, 2.24) is 9.55 Å². The normalized spacial score (nSPS) is 14.7. The third-order valence-electron chi connectivity index (χ3n) is 3.37. The van der Waals surface area contributed by atoms with Crippen molar-refractivity contribution in [2.24, 2.45) is 5.73 Å². The van der Waals surface area contributed by atoms with Crippen molar-refractivity contribution < 1.29 is 0 Å². The number of hydrogen-bond donors (Lipinski definition) is 1. The van der Waals surface area contributed by atoms with Gasteiger partial charge >= 0.3 is 0 Å². The number of imidazole rings is 1. The Bertz CT molecular complexity index is 550. The first-order chi connectivity index (χ1) is 8.79. The van der Waals surface area contributed by atoms with Gasteiger partial charge in [-0.15, -0.1) is 0 Å². The van der Waals surface area contributed by atoms with Crippen LogP contribution in [-0.4, -0.2) is 16.1 Å². The standard InChI is InChI=1S/C13H15ClN4/c14-10-3-1-2-4-12(10)17-5-6-18-9-16-11(7-15)13(18)8-17/h1-4,9H,5-8,15H2. The zero-order chi connectivity index (χ0) is 12.5. The van der Waals surface area contributed by atoms with Crippen LogP contribution in [0.3, 0.4) is 0 Å². The molecule has 1 aliphatic heterocycles. The molecule has 94 valence electrons. The number of nitrogens with zero attached hydrogens (tertiary/aromatic N) is 3. The Labute approximate surface area is 111 Å². The minimum atomic E-state index is 0.485. The highest BCUT2D eigenvalue weighted by Gasteiger charge is 2.20. The molecule has 0 radical (unpaired) electrons. The van der Waals surface area contributed by atoms with Gasteiger partial charge < -0.3 is 15.2 Å². The lowest BCUT2D eigenvalue weighted by atomic mass is 10.2.